The first kappa shape index (κ1) is 13.0. The molecule has 1 aliphatic heterocycles. The van der Waals surface area contributed by atoms with Crippen molar-refractivity contribution >= 4 is 15.7 Å². The van der Waals surface area contributed by atoms with Gasteiger partial charge in [-0.1, -0.05) is 0 Å². The lowest BCUT2D eigenvalue weighted by Gasteiger charge is -2.27. The number of hydrogen-bond acceptors (Lipinski definition) is 5. The molecule has 2 heterocycles. The maximum Gasteiger partial charge on any atom is 0.244 e. The molecule has 0 aliphatic carbocycles. The zero-order valence-corrected chi connectivity index (χ0v) is 11.0. The maximum atomic E-state index is 11.9. The van der Waals surface area contributed by atoms with Crippen molar-refractivity contribution in [1.82, 2.24) is 20.0 Å². The van der Waals surface area contributed by atoms with E-state index in [2.05, 4.69) is 10.4 Å². The van der Waals surface area contributed by atoms with E-state index in [4.69, 9.17) is 0 Å². The molecule has 1 aromatic rings. The molecule has 100 valence electrons. The van der Waals surface area contributed by atoms with Crippen molar-refractivity contribution < 1.29 is 13.2 Å². The summed E-state index contributed by atoms with van der Waals surface area (Å²) in [5.41, 5.74) is 0. The highest BCUT2D eigenvalue weighted by molar-refractivity contribution is 7.90. The summed E-state index contributed by atoms with van der Waals surface area (Å²) >= 11 is 0. The molecule has 0 bridgehead atoms. The molecule has 1 saturated heterocycles. The van der Waals surface area contributed by atoms with Crippen molar-refractivity contribution in [3.05, 3.63) is 12.4 Å². The molecule has 1 N–H and O–H groups in total. The smallest absolute Gasteiger partial charge is 0.244 e. The minimum atomic E-state index is -3.26. The zero-order valence-electron chi connectivity index (χ0n) is 10.2. The number of amides is 1. The summed E-state index contributed by atoms with van der Waals surface area (Å²) in [5, 5.41) is 7.05. The molecule has 8 heteroatoms. The normalized spacial score (nSPS) is 16.8. The van der Waals surface area contributed by atoms with Crippen LogP contribution >= 0.6 is 0 Å². The van der Waals surface area contributed by atoms with Crippen LogP contribution in [0.2, 0.25) is 0 Å². The molecule has 1 fully saturated rings. The number of rotatable bonds is 3. The van der Waals surface area contributed by atoms with Gasteiger partial charge >= 0.3 is 0 Å². The van der Waals surface area contributed by atoms with Gasteiger partial charge in [0.2, 0.25) is 5.91 Å². The van der Waals surface area contributed by atoms with Crippen LogP contribution in [0.4, 0.5) is 0 Å². The van der Waals surface area contributed by atoms with Crippen LogP contribution in [0, 0.1) is 0 Å². The van der Waals surface area contributed by atoms with Gasteiger partial charge in [0.05, 0.1) is 6.20 Å². The summed E-state index contributed by atoms with van der Waals surface area (Å²) in [7, 11) is -3.26. The van der Waals surface area contributed by atoms with Crippen molar-refractivity contribution in [2.24, 2.45) is 0 Å². The Morgan fingerprint density at radius 3 is 2.67 bits per heavy atom. The Hall–Kier alpha value is -1.41. The van der Waals surface area contributed by atoms with E-state index < -0.39 is 9.84 Å². The Bertz CT molecular complexity index is 531. The molecule has 2 rings (SSSR count). The molecular formula is C10H16N4O3S. The second-order valence-corrected chi connectivity index (χ2v) is 6.29. The van der Waals surface area contributed by atoms with Gasteiger partial charge in [0.1, 0.15) is 11.4 Å². The molecule has 1 aromatic heterocycles. The fourth-order valence-corrected chi connectivity index (χ4v) is 2.33. The Labute approximate surface area is 106 Å². The highest BCUT2D eigenvalue weighted by atomic mass is 32.2. The van der Waals surface area contributed by atoms with Crippen LogP contribution < -0.4 is 5.32 Å². The van der Waals surface area contributed by atoms with Crippen LogP contribution in [0.1, 0.15) is 0 Å². The number of aromatic nitrogens is 2. The third-order valence-corrected chi connectivity index (χ3v) is 3.87. The highest BCUT2D eigenvalue weighted by Crippen LogP contribution is 2.06. The Balaban J connectivity index is 2.01. The average molecular weight is 272 g/mol. The van der Waals surface area contributed by atoms with Crippen molar-refractivity contribution in [3.63, 3.8) is 0 Å². The lowest BCUT2D eigenvalue weighted by Crippen LogP contribution is -2.47. The zero-order chi connectivity index (χ0) is 13.2. The lowest BCUT2D eigenvalue weighted by molar-refractivity contribution is -0.132. The first-order valence-corrected chi connectivity index (χ1v) is 7.57. The Morgan fingerprint density at radius 1 is 1.44 bits per heavy atom. The minimum Gasteiger partial charge on any atom is -0.339 e. The molecule has 7 nitrogen and oxygen atoms in total. The van der Waals surface area contributed by atoms with Crippen molar-refractivity contribution in [2.45, 2.75) is 11.4 Å². The second kappa shape index (κ2) is 5.07. The van der Waals surface area contributed by atoms with Crippen LogP contribution in [0.5, 0.6) is 0 Å². The monoisotopic (exact) mass is 272 g/mol. The van der Waals surface area contributed by atoms with Gasteiger partial charge in [-0.15, -0.1) is 0 Å². The first-order chi connectivity index (χ1) is 8.47. The molecule has 0 radical (unpaired) electrons. The molecule has 18 heavy (non-hydrogen) atoms. The van der Waals surface area contributed by atoms with Crippen molar-refractivity contribution in [3.8, 4) is 0 Å². The largest absolute Gasteiger partial charge is 0.339 e. The number of sulfone groups is 1. The predicted molar refractivity (Wildman–Crippen MR) is 64.8 cm³/mol. The molecule has 0 unspecified atom stereocenters. The summed E-state index contributed by atoms with van der Waals surface area (Å²) in [4.78, 5) is 13.8. The van der Waals surface area contributed by atoms with E-state index in [1.54, 1.807) is 4.90 Å². The van der Waals surface area contributed by atoms with Crippen LogP contribution in [-0.4, -0.2) is 61.4 Å². The third-order valence-electron chi connectivity index (χ3n) is 2.80. The van der Waals surface area contributed by atoms with Crippen LogP contribution in [-0.2, 0) is 21.2 Å². The van der Waals surface area contributed by atoms with E-state index >= 15 is 0 Å². The average Bonchev–Trinajstić information content (AvgIpc) is 2.78. The predicted octanol–water partition coefficient (Wildman–Crippen LogP) is -1.28. The molecule has 0 atom stereocenters. The molecule has 0 spiro atoms. The van der Waals surface area contributed by atoms with E-state index in [1.807, 2.05) is 0 Å². The van der Waals surface area contributed by atoms with Gasteiger partial charge in [0.15, 0.2) is 9.84 Å². The van der Waals surface area contributed by atoms with Gasteiger partial charge in [-0.2, -0.15) is 5.10 Å². The number of carbonyl (C=O) groups excluding carboxylic acids is 1. The van der Waals surface area contributed by atoms with E-state index in [-0.39, 0.29) is 17.3 Å². The fraction of sp³-hybridized carbons (Fsp3) is 0.600. The van der Waals surface area contributed by atoms with Gasteiger partial charge in [-0.25, -0.2) is 8.42 Å². The van der Waals surface area contributed by atoms with Gasteiger partial charge < -0.3 is 10.2 Å². The number of nitrogens with one attached hydrogen (secondary N) is 1. The summed E-state index contributed by atoms with van der Waals surface area (Å²) in [6.45, 7) is 3.02. The standard InChI is InChI=1S/C10H16N4O3S/c1-18(16,17)9-6-12-14(7-9)8-10(15)13-4-2-11-3-5-13/h6-7,11H,2-5,8H2,1H3. The van der Waals surface area contributed by atoms with E-state index in [0.29, 0.717) is 13.1 Å². The van der Waals surface area contributed by atoms with Crippen LogP contribution in [0.15, 0.2) is 17.3 Å². The van der Waals surface area contributed by atoms with Gasteiger partial charge in [-0.05, 0) is 0 Å². The summed E-state index contributed by atoms with van der Waals surface area (Å²) in [6, 6.07) is 0. The number of carbonyl (C=O) groups is 1. The Kier molecular flexibility index (Phi) is 3.67. The Morgan fingerprint density at radius 2 is 2.11 bits per heavy atom. The summed E-state index contributed by atoms with van der Waals surface area (Å²) in [6.07, 6.45) is 3.77. The molecule has 1 aliphatic rings. The maximum absolute atomic E-state index is 11.9. The SMILES string of the molecule is CS(=O)(=O)c1cnn(CC(=O)N2CCNCC2)c1. The van der Waals surface area contributed by atoms with E-state index in [0.717, 1.165) is 19.3 Å². The molecule has 1 amide bonds. The van der Waals surface area contributed by atoms with Gasteiger partial charge in [-0.3, -0.25) is 9.48 Å². The van der Waals surface area contributed by atoms with E-state index in [1.165, 1.54) is 17.1 Å². The topological polar surface area (TPSA) is 84.3 Å². The molecule has 0 aromatic carbocycles. The number of nitrogens with zero attached hydrogens (tertiary/aromatic N) is 3. The molecular weight excluding hydrogens is 256 g/mol. The third kappa shape index (κ3) is 3.08. The minimum absolute atomic E-state index is 0.0420. The summed E-state index contributed by atoms with van der Waals surface area (Å²) in [5.74, 6) is -0.0420. The van der Waals surface area contributed by atoms with Crippen LogP contribution in [0.25, 0.3) is 0 Å². The van der Waals surface area contributed by atoms with Crippen molar-refractivity contribution in [1.29, 1.82) is 0 Å². The highest BCUT2D eigenvalue weighted by Gasteiger charge is 2.17. The second-order valence-electron chi connectivity index (χ2n) is 4.28. The van der Waals surface area contributed by atoms with Gasteiger partial charge in [0.25, 0.3) is 0 Å². The molecule has 0 saturated carbocycles. The van der Waals surface area contributed by atoms with Crippen LogP contribution in [0.3, 0.4) is 0 Å². The fourth-order valence-electron chi connectivity index (χ4n) is 1.78. The number of piperazine rings is 1. The van der Waals surface area contributed by atoms with Gasteiger partial charge in [0, 0.05) is 38.6 Å². The van der Waals surface area contributed by atoms with Crippen molar-refractivity contribution in [2.75, 3.05) is 32.4 Å². The van der Waals surface area contributed by atoms with E-state index in [9.17, 15) is 13.2 Å². The quantitative estimate of drug-likeness (QED) is 0.741. The first-order valence-electron chi connectivity index (χ1n) is 5.68. The summed E-state index contributed by atoms with van der Waals surface area (Å²) < 4.78 is 23.9. The number of hydrogen-bond donors (Lipinski definition) is 1. The lowest BCUT2D eigenvalue weighted by atomic mass is 10.3.